The number of aliphatic imine (C=N–C) groups is 1. The number of nitrogens with one attached hydrogen (secondary N) is 1. The zero-order chi connectivity index (χ0) is 22.5. The molecule has 0 unspecified atom stereocenters. The highest BCUT2D eigenvalue weighted by molar-refractivity contribution is 8.13. The van der Waals surface area contributed by atoms with Crippen LogP contribution in [0.4, 0.5) is 0 Å². The van der Waals surface area contributed by atoms with Crippen molar-refractivity contribution in [2.75, 3.05) is 32.5 Å². The molecule has 2 rings (SSSR count). The number of nitrogens with two attached hydrogens (primary N) is 1. The van der Waals surface area contributed by atoms with Gasteiger partial charge in [0, 0.05) is 26.0 Å². The number of amides is 2. The van der Waals surface area contributed by atoms with Crippen molar-refractivity contribution in [1.29, 1.82) is 0 Å². The monoisotopic (exact) mass is 416 g/mol. The van der Waals surface area contributed by atoms with Gasteiger partial charge in [0.15, 0.2) is 5.17 Å². The molecule has 0 saturated carbocycles. The molecule has 0 aromatic carbocycles. The summed E-state index contributed by atoms with van der Waals surface area (Å²) in [5.41, 5.74) is 5.28. The van der Waals surface area contributed by atoms with Gasteiger partial charge >= 0.3 is 0 Å². The number of terminal acetylenes is 1. The molecule has 2 aliphatic rings. The number of amidine groups is 1. The molecule has 28 heavy (non-hydrogen) atoms. The van der Waals surface area contributed by atoms with Crippen LogP contribution in [-0.4, -0.2) is 65.5 Å². The molecule has 0 bridgehead atoms. The van der Waals surface area contributed by atoms with E-state index in [1.54, 1.807) is 16.7 Å². The zero-order valence-electron chi connectivity index (χ0n) is 18.4. The Balaban J connectivity index is -0.000000535. The van der Waals surface area contributed by atoms with Crippen molar-refractivity contribution in [1.82, 2.24) is 10.2 Å². The van der Waals surface area contributed by atoms with Crippen molar-refractivity contribution in [3.63, 3.8) is 0 Å². The zero-order valence-corrected chi connectivity index (χ0v) is 19.2. The molecule has 0 aromatic heterocycles. The Morgan fingerprint density at radius 3 is 2.25 bits per heavy atom. The Hall–Kier alpha value is -1.72. The van der Waals surface area contributed by atoms with Gasteiger partial charge in [0.1, 0.15) is 6.04 Å². The van der Waals surface area contributed by atoms with Gasteiger partial charge in [-0.1, -0.05) is 46.4 Å². The molecule has 2 aliphatic heterocycles. The van der Waals surface area contributed by atoms with E-state index in [1.165, 1.54) is 0 Å². The van der Waals surface area contributed by atoms with E-state index in [-0.39, 0.29) is 12.5 Å². The third-order valence-electron chi connectivity index (χ3n) is 3.09. The topological polar surface area (TPSA) is 108 Å². The van der Waals surface area contributed by atoms with E-state index >= 15 is 0 Å². The fourth-order valence-corrected chi connectivity index (χ4v) is 3.00. The number of carbonyl (C=O) groups excluding carboxylic acids is 2. The van der Waals surface area contributed by atoms with E-state index in [0.717, 1.165) is 43.3 Å². The molecule has 0 radical (unpaired) electrons. The van der Waals surface area contributed by atoms with Crippen LogP contribution in [0.2, 0.25) is 0 Å². The molecule has 7 nitrogen and oxygen atoms in total. The number of likely N-dealkylation sites (tertiary alicyclic amines) is 1. The number of carbonyl (C=O) groups is 2. The molecule has 0 aromatic rings. The highest BCUT2D eigenvalue weighted by atomic mass is 32.2. The van der Waals surface area contributed by atoms with Crippen LogP contribution in [0.3, 0.4) is 0 Å². The van der Waals surface area contributed by atoms with Crippen LogP contribution in [-0.2, 0) is 9.59 Å². The van der Waals surface area contributed by atoms with Crippen LogP contribution < -0.4 is 11.1 Å². The van der Waals surface area contributed by atoms with Gasteiger partial charge in [0.2, 0.25) is 11.8 Å². The van der Waals surface area contributed by atoms with Crippen LogP contribution in [0.5, 0.6) is 0 Å². The number of aliphatic hydroxyl groups excluding tert-OH is 1. The van der Waals surface area contributed by atoms with E-state index in [4.69, 9.17) is 10.8 Å². The molecule has 1 saturated heterocycles. The second kappa shape index (κ2) is 21.6. The summed E-state index contributed by atoms with van der Waals surface area (Å²) in [5, 5.41) is 10.9. The summed E-state index contributed by atoms with van der Waals surface area (Å²) in [6.07, 6.45) is 10.6. The first-order valence-corrected chi connectivity index (χ1v) is 10.7. The summed E-state index contributed by atoms with van der Waals surface area (Å²) in [5.74, 6) is 1.38. The molecule has 1 atom stereocenters. The van der Waals surface area contributed by atoms with Gasteiger partial charge in [-0.15, -0.1) is 12.8 Å². The van der Waals surface area contributed by atoms with Crippen LogP contribution in [0.15, 0.2) is 4.99 Å². The Labute approximate surface area is 175 Å². The number of thioether (sulfide) groups is 1. The normalized spacial score (nSPS) is 17.0. The Bertz CT molecular complexity index is 451. The van der Waals surface area contributed by atoms with Crippen LogP contribution in [0.25, 0.3) is 0 Å². The summed E-state index contributed by atoms with van der Waals surface area (Å²) in [6.45, 7) is 12.1. The lowest BCUT2D eigenvalue weighted by molar-refractivity contribution is -0.136. The van der Waals surface area contributed by atoms with Gasteiger partial charge in [-0.3, -0.25) is 14.6 Å². The van der Waals surface area contributed by atoms with Gasteiger partial charge in [0.25, 0.3) is 0 Å². The number of hydrogen-bond acceptors (Lipinski definition) is 6. The van der Waals surface area contributed by atoms with Crippen LogP contribution in [0.1, 0.15) is 53.9 Å². The minimum atomic E-state index is -0.430. The smallest absolute Gasteiger partial charge is 0.242 e. The van der Waals surface area contributed by atoms with E-state index in [1.807, 2.05) is 13.8 Å². The Morgan fingerprint density at radius 1 is 1.29 bits per heavy atom. The highest BCUT2D eigenvalue weighted by Gasteiger charge is 2.32. The first kappa shape index (κ1) is 31.0. The van der Waals surface area contributed by atoms with Gasteiger partial charge in [-0.25, -0.2) is 0 Å². The quantitative estimate of drug-likeness (QED) is 0.611. The first-order valence-electron chi connectivity index (χ1n) is 9.69. The average Bonchev–Trinajstić information content (AvgIpc) is 3.21. The molecular weight excluding hydrogens is 376 g/mol. The molecule has 0 aliphatic carbocycles. The third-order valence-corrected chi connectivity index (χ3v) is 4.13. The SMILES string of the molecule is C#C.CC.CC(C)C.CO.NC(=O)[C@@H]1CCCN1C(=O)CNC1=NCCCS1. The number of nitrogens with zero attached hydrogens (tertiary/aromatic N) is 2. The standard InChI is InChI=1S/C11H18N4O2S.C4H10.C2H6.C2H2.CH4O/c12-10(17)8-3-1-5-15(8)9(16)7-14-11-13-4-2-6-18-11;1-4(2)3;3*1-2/h8H,1-7H2,(H2,12,17)(H,13,14);4H,1-3H3;1-2H3;1-2H;2H,1H3/t8-;;;;/m0..../s1. The number of hydrogen-bond donors (Lipinski definition) is 3. The largest absolute Gasteiger partial charge is 0.400 e. The summed E-state index contributed by atoms with van der Waals surface area (Å²) < 4.78 is 0. The minimum Gasteiger partial charge on any atom is -0.400 e. The predicted octanol–water partition coefficient (Wildman–Crippen LogP) is 2.09. The lowest BCUT2D eigenvalue weighted by Crippen LogP contribution is -2.47. The highest BCUT2D eigenvalue weighted by Crippen LogP contribution is 2.17. The molecule has 2 heterocycles. The molecule has 164 valence electrons. The first-order chi connectivity index (χ1) is 13.4. The number of aliphatic hydroxyl groups is 1. The molecule has 0 spiro atoms. The summed E-state index contributed by atoms with van der Waals surface area (Å²) in [4.78, 5) is 29.1. The minimum absolute atomic E-state index is 0.0785. The summed E-state index contributed by atoms with van der Waals surface area (Å²) in [6, 6.07) is -0.430. The van der Waals surface area contributed by atoms with Crippen LogP contribution >= 0.6 is 11.8 Å². The summed E-state index contributed by atoms with van der Waals surface area (Å²) in [7, 11) is 1.00. The van der Waals surface area contributed by atoms with Crippen molar-refractivity contribution in [3.05, 3.63) is 0 Å². The molecule has 4 N–H and O–H groups in total. The maximum absolute atomic E-state index is 12.0. The molecule has 1 fully saturated rings. The maximum atomic E-state index is 12.0. The Kier molecular flexibility index (Phi) is 23.9. The van der Waals surface area contributed by atoms with Crippen molar-refractivity contribution < 1.29 is 14.7 Å². The number of primary amides is 1. The van der Waals surface area contributed by atoms with Crippen molar-refractivity contribution in [2.45, 2.75) is 59.9 Å². The molecule has 2 amide bonds. The van der Waals surface area contributed by atoms with Crippen molar-refractivity contribution >= 4 is 28.7 Å². The lowest BCUT2D eigenvalue weighted by Gasteiger charge is -2.23. The second-order valence-corrected chi connectivity index (χ2v) is 7.21. The molecular formula is C20H40N4O3S. The predicted molar refractivity (Wildman–Crippen MR) is 121 cm³/mol. The summed E-state index contributed by atoms with van der Waals surface area (Å²) >= 11 is 1.63. The second-order valence-electron chi connectivity index (χ2n) is 6.12. The third kappa shape index (κ3) is 15.3. The van der Waals surface area contributed by atoms with Gasteiger partial charge in [-0.05, 0) is 25.2 Å². The van der Waals surface area contributed by atoms with Gasteiger partial charge in [0.05, 0.1) is 6.54 Å². The fourth-order valence-electron chi connectivity index (χ4n) is 2.18. The Morgan fingerprint density at radius 2 is 1.82 bits per heavy atom. The maximum Gasteiger partial charge on any atom is 0.242 e. The van der Waals surface area contributed by atoms with E-state index < -0.39 is 11.9 Å². The van der Waals surface area contributed by atoms with Crippen molar-refractivity contribution in [3.8, 4) is 12.8 Å². The van der Waals surface area contributed by atoms with Gasteiger partial charge < -0.3 is 21.1 Å². The average molecular weight is 417 g/mol. The van der Waals surface area contributed by atoms with Crippen LogP contribution in [0, 0.1) is 18.8 Å². The van der Waals surface area contributed by atoms with E-state index in [0.29, 0.717) is 13.0 Å². The van der Waals surface area contributed by atoms with E-state index in [2.05, 4.69) is 43.9 Å². The lowest BCUT2D eigenvalue weighted by atomic mass is 10.2. The van der Waals surface area contributed by atoms with E-state index in [9.17, 15) is 9.59 Å². The fraction of sp³-hybridized carbons (Fsp3) is 0.750. The number of rotatable bonds is 3. The molecule has 8 heteroatoms. The van der Waals surface area contributed by atoms with Crippen molar-refractivity contribution in [2.24, 2.45) is 16.6 Å². The van der Waals surface area contributed by atoms with Gasteiger partial charge in [-0.2, -0.15) is 0 Å².